The SMILES string of the molecule is N#CC(C#N)=CNc1cccc(F)c1OC(F)F. The molecule has 92 valence electrons. The minimum atomic E-state index is -3.18. The van der Waals surface area contributed by atoms with E-state index in [0.29, 0.717) is 0 Å². The van der Waals surface area contributed by atoms with Crippen LogP contribution in [-0.2, 0) is 0 Å². The molecule has 0 saturated carbocycles. The zero-order valence-electron chi connectivity index (χ0n) is 8.82. The number of hydrogen-bond acceptors (Lipinski definition) is 4. The van der Waals surface area contributed by atoms with Gasteiger partial charge in [-0.05, 0) is 12.1 Å². The zero-order valence-corrected chi connectivity index (χ0v) is 8.82. The van der Waals surface area contributed by atoms with Gasteiger partial charge >= 0.3 is 6.61 Å². The van der Waals surface area contributed by atoms with Crippen molar-refractivity contribution in [3.63, 3.8) is 0 Å². The molecule has 1 rings (SSSR count). The van der Waals surface area contributed by atoms with Gasteiger partial charge in [0.1, 0.15) is 17.7 Å². The van der Waals surface area contributed by atoms with Crippen LogP contribution in [0.5, 0.6) is 5.75 Å². The maximum Gasteiger partial charge on any atom is 0.387 e. The van der Waals surface area contributed by atoms with Crippen LogP contribution in [0, 0.1) is 28.5 Å². The lowest BCUT2D eigenvalue weighted by atomic mass is 10.2. The molecule has 1 aromatic carbocycles. The summed E-state index contributed by atoms with van der Waals surface area (Å²) in [7, 11) is 0. The van der Waals surface area contributed by atoms with E-state index in [9.17, 15) is 13.2 Å². The average Bonchev–Trinajstić information content (AvgIpc) is 2.34. The molecule has 0 heterocycles. The molecule has 4 nitrogen and oxygen atoms in total. The lowest BCUT2D eigenvalue weighted by Gasteiger charge is -2.10. The van der Waals surface area contributed by atoms with E-state index in [4.69, 9.17) is 10.5 Å². The molecule has 0 aliphatic carbocycles. The topological polar surface area (TPSA) is 68.8 Å². The molecular formula is C11H6F3N3O. The number of para-hydroxylation sites is 1. The number of alkyl halides is 2. The van der Waals surface area contributed by atoms with Crippen molar-refractivity contribution in [2.45, 2.75) is 6.61 Å². The van der Waals surface area contributed by atoms with Crippen LogP contribution >= 0.6 is 0 Å². The molecule has 1 N–H and O–H groups in total. The highest BCUT2D eigenvalue weighted by atomic mass is 19.3. The van der Waals surface area contributed by atoms with Gasteiger partial charge in [0.15, 0.2) is 11.6 Å². The highest BCUT2D eigenvalue weighted by molar-refractivity contribution is 5.59. The molecule has 0 amide bonds. The van der Waals surface area contributed by atoms with Crippen molar-refractivity contribution >= 4 is 5.69 Å². The van der Waals surface area contributed by atoms with Crippen LogP contribution in [0.4, 0.5) is 18.9 Å². The molecule has 0 bridgehead atoms. The number of ether oxygens (including phenoxy) is 1. The second-order valence-corrected chi connectivity index (χ2v) is 2.92. The van der Waals surface area contributed by atoms with E-state index in [2.05, 4.69) is 10.1 Å². The molecule has 0 radical (unpaired) electrons. The third kappa shape index (κ3) is 3.42. The van der Waals surface area contributed by atoms with Crippen LogP contribution in [0.15, 0.2) is 30.0 Å². The van der Waals surface area contributed by atoms with Crippen LogP contribution < -0.4 is 10.1 Å². The Hall–Kier alpha value is -2.67. The maximum atomic E-state index is 13.2. The normalized spacial score (nSPS) is 9.22. The number of nitrogens with one attached hydrogen (secondary N) is 1. The van der Waals surface area contributed by atoms with Crippen LogP contribution in [0.1, 0.15) is 0 Å². The first-order valence-electron chi connectivity index (χ1n) is 4.58. The molecule has 7 heteroatoms. The van der Waals surface area contributed by atoms with Gasteiger partial charge in [-0.3, -0.25) is 0 Å². The molecule has 0 aliphatic rings. The van der Waals surface area contributed by atoms with Crippen molar-refractivity contribution < 1.29 is 17.9 Å². The molecule has 1 aromatic rings. The fourth-order valence-corrected chi connectivity index (χ4v) is 1.07. The van der Waals surface area contributed by atoms with Gasteiger partial charge in [0.05, 0.1) is 5.69 Å². The fraction of sp³-hybridized carbons (Fsp3) is 0.0909. The third-order valence-electron chi connectivity index (χ3n) is 1.79. The van der Waals surface area contributed by atoms with Gasteiger partial charge in [-0.25, -0.2) is 4.39 Å². The maximum absolute atomic E-state index is 13.2. The van der Waals surface area contributed by atoms with Gasteiger partial charge in [-0.2, -0.15) is 19.3 Å². The van der Waals surface area contributed by atoms with E-state index in [-0.39, 0.29) is 11.3 Å². The van der Waals surface area contributed by atoms with Crippen molar-refractivity contribution in [2.24, 2.45) is 0 Å². The van der Waals surface area contributed by atoms with Crippen LogP contribution in [0.2, 0.25) is 0 Å². The Kier molecular flexibility index (Phi) is 4.58. The summed E-state index contributed by atoms with van der Waals surface area (Å²) in [5.41, 5.74) is -0.402. The molecule has 18 heavy (non-hydrogen) atoms. The average molecular weight is 253 g/mol. The third-order valence-corrected chi connectivity index (χ3v) is 1.79. The van der Waals surface area contributed by atoms with Crippen LogP contribution in [0.3, 0.4) is 0 Å². The second kappa shape index (κ2) is 6.16. The number of hydrogen-bond donors (Lipinski definition) is 1. The smallest absolute Gasteiger partial charge is 0.387 e. The van der Waals surface area contributed by atoms with Gasteiger partial charge in [0.2, 0.25) is 0 Å². The number of rotatable bonds is 4. The number of benzene rings is 1. The minimum Gasteiger partial charge on any atom is -0.429 e. The predicted molar refractivity (Wildman–Crippen MR) is 56.0 cm³/mol. The molecule has 0 unspecified atom stereocenters. The first kappa shape index (κ1) is 13.4. The van der Waals surface area contributed by atoms with Crippen molar-refractivity contribution in [3.05, 3.63) is 35.8 Å². The summed E-state index contributed by atoms with van der Waals surface area (Å²) in [6, 6.07) is 6.58. The van der Waals surface area contributed by atoms with Crippen LogP contribution in [0.25, 0.3) is 0 Å². The van der Waals surface area contributed by atoms with E-state index < -0.39 is 18.2 Å². The quantitative estimate of drug-likeness (QED) is 0.837. The summed E-state index contributed by atoms with van der Waals surface area (Å²) in [6.45, 7) is -3.18. The van der Waals surface area contributed by atoms with Crippen molar-refractivity contribution in [1.29, 1.82) is 10.5 Å². The van der Waals surface area contributed by atoms with Crippen molar-refractivity contribution in [3.8, 4) is 17.9 Å². The van der Waals surface area contributed by atoms with Crippen molar-refractivity contribution in [2.75, 3.05) is 5.32 Å². The molecule has 0 atom stereocenters. The zero-order chi connectivity index (χ0) is 13.5. The van der Waals surface area contributed by atoms with E-state index in [1.165, 1.54) is 12.1 Å². The Balaban J connectivity index is 3.03. The highest BCUT2D eigenvalue weighted by Crippen LogP contribution is 2.29. The Morgan fingerprint density at radius 3 is 2.56 bits per heavy atom. The first-order chi connectivity index (χ1) is 8.58. The highest BCUT2D eigenvalue weighted by Gasteiger charge is 2.14. The summed E-state index contributed by atoms with van der Waals surface area (Å²) in [4.78, 5) is 0. The summed E-state index contributed by atoms with van der Waals surface area (Å²) in [6.07, 6.45) is 0.965. The fourth-order valence-electron chi connectivity index (χ4n) is 1.07. The standard InChI is InChI=1S/C11H6F3N3O/c12-8-2-1-3-9(10(8)18-11(13)14)17-6-7(4-15)5-16/h1-3,6,11,17H. The van der Waals surface area contributed by atoms with E-state index in [1.807, 2.05) is 0 Å². The molecule has 0 aliphatic heterocycles. The Bertz CT molecular complexity index is 527. The van der Waals surface area contributed by atoms with Crippen LogP contribution in [-0.4, -0.2) is 6.61 Å². The van der Waals surface area contributed by atoms with Gasteiger partial charge < -0.3 is 10.1 Å². The largest absolute Gasteiger partial charge is 0.429 e. The summed E-state index contributed by atoms with van der Waals surface area (Å²) in [5.74, 6) is -1.66. The molecule has 0 aromatic heterocycles. The van der Waals surface area contributed by atoms with Gasteiger partial charge in [-0.15, -0.1) is 0 Å². The first-order valence-corrected chi connectivity index (χ1v) is 4.58. The number of nitrogens with zero attached hydrogens (tertiary/aromatic N) is 2. The number of halogens is 3. The number of allylic oxidation sites excluding steroid dienone is 1. The van der Waals surface area contributed by atoms with Gasteiger partial charge in [-0.1, -0.05) is 6.07 Å². The number of nitriles is 2. The van der Waals surface area contributed by atoms with Gasteiger partial charge in [0.25, 0.3) is 0 Å². The Morgan fingerprint density at radius 1 is 1.33 bits per heavy atom. The Morgan fingerprint density at radius 2 is 2.00 bits per heavy atom. The second-order valence-electron chi connectivity index (χ2n) is 2.92. The van der Waals surface area contributed by atoms with E-state index in [1.54, 1.807) is 12.1 Å². The summed E-state index contributed by atoms with van der Waals surface area (Å²) < 4.78 is 41.4. The van der Waals surface area contributed by atoms with E-state index in [0.717, 1.165) is 12.3 Å². The lowest BCUT2D eigenvalue weighted by molar-refractivity contribution is -0.0516. The van der Waals surface area contributed by atoms with E-state index >= 15 is 0 Å². The summed E-state index contributed by atoms with van der Waals surface area (Å²) >= 11 is 0. The number of anilines is 1. The van der Waals surface area contributed by atoms with Gasteiger partial charge in [0, 0.05) is 6.20 Å². The molecule has 0 fully saturated rings. The Labute approximate surface area is 101 Å². The minimum absolute atomic E-state index is 0.113. The monoisotopic (exact) mass is 253 g/mol. The van der Waals surface area contributed by atoms with Crippen molar-refractivity contribution in [1.82, 2.24) is 0 Å². The summed E-state index contributed by atoms with van der Waals surface area (Å²) in [5, 5.41) is 19.3. The molecular weight excluding hydrogens is 247 g/mol. The molecule has 0 saturated heterocycles. The molecule has 0 spiro atoms. The lowest BCUT2D eigenvalue weighted by Crippen LogP contribution is -2.06. The predicted octanol–water partition coefficient (Wildman–Crippen LogP) is 2.77.